The van der Waals surface area contributed by atoms with Gasteiger partial charge in [0, 0.05) is 10.8 Å². The Morgan fingerprint density at radius 3 is 1.22 bits per heavy atom. The van der Waals surface area contributed by atoms with Crippen molar-refractivity contribution < 1.29 is 37.3 Å². The Morgan fingerprint density at radius 2 is 0.711 bits per heavy atom. The standard InChI is InChI=1S/C44H28O/c1-3-11-29(12-4-1)33-23-25-41-39(27-33)40-28-34(24-26-42(40)45-41)30-19-21-32(22-20-30)44-37-17-9-7-15-35(37)43(31-13-5-2-6-14-31)36-16-8-10-18-38(36)44/h1-28H/i1D,2D,3D,4D,5D,6D,7D,8D,9D,10D,11D,12D,13D,14D,15D,16D,17D,18D,23D,24D,25D,26D,27D,28D. The van der Waals surface area contributed by atoms with Crippen molar-refractivity contribution in [1.29, 1.82) is 0 Å². The van der Waals surface area contributed by atoms with Gasteiger partial charge in [-0.05, 0) is 90.2 Å². The van der Waals surface area contributed by atoms with E-state index in [1.807, 2.05) is 0 Å². The van der Waals surface area contributed by atoms with E-state index in [9.17, 15) is 5.48 Å². The normalized spacial score (nSPS) is 19.0. The van der Waals surface area contributed by atoms with Crippen LogP contribution in [-0.2, 0) is 0 Å². The molecule has 0 unspecified atom stereocenters. The fraction of sp³-hybridized carbons (Fsp3) is 0. The van der Waals surface area contributed by atoms with Gasteiger partial charge in [0.25, 0.3) is 0 Å². The molecule has 1 heteroatoms. The number of fused-ring (bicyclic) bond motifs is 5. The molecule has 9 rings (SSSR count). The van der Waals surface area contributed by atoms with E-state index in [-0.39, 0.29) is 43.8 Å². The van der Waals surface area contributed by atoms with Crippen LogP contribution in [0.3, 0.4) is 0 Å². The lowest BCUT2D eigenvalue weighted by Crippen LogP contribution is -1.90. The van der Waals surface area contributed by atoms with Gasteiger partial charge in [-0.1, -0.05) is 145 Å². The predicted octanol–water partition coefficient (Wildman–Crippen LogP) is 12.6. The van der Waals surface area contributed by atoms with Crippen molar-refractivity contribution in [1.82, 2.24) is 0 Å². The molecular formula is C44H28O. The maximum atomic E-state index is 9.45. The van der Waals surface area contributed by atoms with Crippen molar-refractivity contribution in [2.45, 2.75) is 0 Å². The van der Waals surface area contributed by atoms with E-state index in [0.717, 1.165) is 0 Å². The molecule has 45 heavy (non-hydrogen) atoms. The van der Waals surface area contributed by atoms with Gasteiger partial charge in [-0.15, -0.1) is 0 Å². The molecule has 0 N–H and O–H groups in total. The van der Waals surface area contributed by atoms with Crippen molar-refractivity contribution in [2.75, 3.05) is 0 Å². The molecule has 0 aliphatic heterocycles. The molecule has 0 atom stereocenters. The van der Waals surface area contributed by atoms with E-state index < -0.39 is 189 Å². The molecule has 0 saturated carbocycles. The zero-order chi connectivity index (χ0) is 50.6. The van der Waals surface area contributed by atoms with Gasteiger partial charge in [0.05, 0.1) is 32.9 Å². The van der Waals surface area contributed by atoms with Crippen LogP contribution in [0.25, 0.3) is 88.0 Å². The minimum absolute atomic E-state index is 0.0500. The Hall–Kier alpha value is -5.92. The lowest BCUT2D eigenvalue weighted by molar-refractivity contribution is 0.669. The summed E-state index contributed by atoms with van der Waals surface area (Å²) >= 11 is 0. The van der Waals surface area contributed by atoms with Crippen LogP contribution in [0.15, 0.2) is 174 Å². The second-order valence-electron chi connectivity index (χ2n) is 9.84. The van der Waals surface area contributed by atoms with Crippen LogP contribution in [-0.4, -0.2) is 0 Å². The Labute approximate surface area is 295 Å². The van der Waals surface area contributed by atoms with E-state index in [0.29, 0.717) is 0 Å². The summed E-state index contributed by atoms with van der Waals surface area (Å²) in [5.41, 5.74) is -3.29. The summed E-state index contributed by atoms with van der Waals surface area (Å²) in [4.78, 5) is 0. The zero-order valence-electron chi connectivity index (χ0n) is 46.7. The van der Waals surface area contributed by atoms with Crippen LogP contribution in [0.5, 0.6) is 0 Å². The summed E-state index contributed by atoms with van der Waals surface area (Å²) in [5.74, 6) is 0. The first-order chi connectivity index (χ1) is 32.3. The highest BCUT2D eigenvalue weighted by atomic mass is 16.3. The van der Waals surface area contributed by atoms with Gasteiger partial charge in [0.15, 0.2) is 0 Å². The topological polar surface area (TPSA) is 13.1 Å². The molecular weight excluding hydrogens is 544 g/mol. The molecule has 210 valence electrons. The SMILES string of the molecule is [2H]c1c([2H])c([2H])c(-c2c([2H])c([2H])c3oc4c([2H])c([2H])c(-c5ccc(-c6c7c([2H])c([2H])c([2H])c([2H])c7c(-c7c([2H])c([2H])c([2H])c([2H])c7[2H])c7c([2H])c([2H])c([2H])c([2H])c67)cc5)c([2H])c4c3c2[2H])c([2H])c1[2H]. The van der Waals surface area contributed by atoms with Crippen LogP contribution < -0.4 is 0 Å². The molecule has 0 amide bonds. The molecule has 0 saturated heterocycles. The third-order valence-corrected chi connectivity index (χ3v) is 7.35. The van der Waals surface area contributed by atoms with E-state index >= 15 is 0 Å². The molecule has 9 aromatic rings. The van der Waals surface area contributed by atoms with Gasteiger partial charge >= 0.3 is 0 Å². The highest BCUT2D eigenvalue weighted by molar-refractivity contribution is 6.21. The number of rotatable bonds is 4. The van der Waals surface area contributed by atoms with Crippen LogP contribution in [0.2, 0.25) is 0 Å². The van der Waals surface area contributed by atoms with Gasteiger partial charge < -0.3 is 4.42 Å². The minimum Gasteiger partial charge on any atom is -0.456 e. The van der Waals surface area contributed by atoms with Crippen molar-refractivity contribution in [3.8, 4) is 44.5 Å². The van der Waals surface area contributed by atoms with E-state index in [4.69, 9.17) is 31.8 Å². The smallest absolute Gasteiger partial charge is 0.135 e. The third-order valence-electron chi connectivity index (χ3n) is 7.35. The second-order valence-corrected chi connectivity index (χ2v) is 9.84. The molecule has 1 nitrogen and oxygen atoms in total. The van der Waals surface area contributed by atoms with E-state index in [1.54, 1.807) is 0 Å². The largest absolute Gasteiger partial charge is 0.456 e. The predicted molar refractivity (Wildman–Crippen MR) is 190 cm³/mol. The Morgan fingerprint density at radius 1 is 0.311 bits per heavy atom. The van der Waals surface area contributed by atoms with Crippen LogP contribution in [0, 0.1) is 0 Å². The first-order valence-corrected chi connectivity index (χ1v) is 13.5. The second kappa shape index (κ2) is 10.4. The summed E-state index contributed by atoms with van der Waals surface area (Å²) in [6, 6.07) is -12.2. The number of hydrogen-bond acceptors (Lipinski definition) is 1. The van der Waals surface area contributed by atoms with Gasteiger partial charge in [-0.25, -0.2) is 0 Å². The molecule has 0 fully saturated rings. The number of benzene rings is 8. The maximum Gasteiger partial charge on any atom is 0.135 e. The minimum atomic E-state index is -0.816. The molecule has 0 spiro atoms. The third kappa shape index (κ3) is 4.24. The molecule has 1 aromatic heterocycles. The fourth-order valence-electron chi connectivity index (χ4n) is 5.38. The molecule has 0 radical (unpaired) electrons. The van der Waals surface area contributed by atoms with Gasteiger partial charge in [0.2, 0.25) is 0 Å². The lowest BCUT2D eigenvalue weighted by atomic mass is 9.86. The van der Waals surface area contributed by atoms with Crippen molar-refractivity contribution >= 4 is 43.5 Å². The Balaban J connectivity index is 1.37. The fourth-order valence-corrected chi connectivity index (χ4v) is 5.38. The number of hydrogen-bond donors (Lipinski definition) is 0. The average molecular weight is 597 g/mol. The van der Waals surface area contributed by atoms with Gasteiger partial charge in [-0.2, -0.15) is 0 Å². The van der Waals surface area contributed by atoms with Gasteiger partial charge in [0.1, 0.15) is 11.2 Å². The molecule has 1 heterocycles. The summed E-state index contributed by atoms with van der Waals surface area (Å²) in [7, 11) is 0. The van der Waals surface area contributed by atoms with E-state index in [2.05, 4.69) is 0 Å². The first kappa shape index (κ1) is 11.2. The summed E-state index contributed by atoms with van der Waals surface area (Å²) in [6.07, 6.45) is 0. The Bertz CT molecular complexity index is 3740. The lowest BCUT2D eigenvalue weighted by Gasteiger charge is -2.18. The van der Waals surface area contributed by atoms with Crippen molar-refractivity contribution in [2.24, 2.45) is 0 Å². The monoisotopic (exact) mass is 596 g/mol. The quantitative estimate of drug-likeness (QED) is 0.184. The number of furan rings is 1. The van der Waals surface area contributed by atoms with E-state index in [1.165, 1.54) is 24.3 Å². The summed E-state index contributed by atoms with van der Waals surface area (Å²) < 4.78 is 216. The molecule has 0 bridgehead atoms. The van der Waals surface area contributed by atoms with Crippen LogP contribution in [0.4, 0.5) is 0 Å². The van der Waals surface area contributed by atoms with Crippen LogP contribution >= 0.6 is 0 Å². The molecule has 0 aliphatic rings. The maximum absolute atomic E-state index is 9.45. The van der Waals surface area contributed by atoms with Crippen LogP contribution in [0.1, 0.15) is 32.9 Å². The highest BCUT2D eigenvalue weighted by Gasteiger charge is 2.16. The summed E-state index contributed by atoms with van der Waals surface area (Å²) in [6.45, 7) is 0. The first-order valence-electron chi connectivity index (χ1n) is 25.5. The Kier molecular flexibility index (Phi) is 2.58. The molecule has 0 aliphatic carbocycles. The van der Waals surface area contributed by atoms with Crippen molar-refractivity contribution in [3.63, 3.8) is 0 Å². The molecule has 8 aromatic carbocycles. The zero-order valence-corrected chi connectivity index (χ0v) is 22.7. The average Bonchev–Trinajstić information content (AvgIpc) is 3.75. The van der Waals surface area contributed by atoms with Crippen molar-refractivity contribution in [3.05, 3.63) is 169 Å². The van der Waals surface area contributed by atoms with Gasteiger partial charge in [-0.3, -0.25) is 0 Å². The highest BCUT2D eigenvalue weighted by Crippen LogP contribution is 2.44. The summed E-state index contributed by atoms with van der Waals surface area (Å²) in [5, 5.41) is -2.11.